The van der Waals surface area contributed by atoms with Gasteiger partial charge in [0.15, 0.2) is 17.5 Å². The van der Waals surface area contributed by atoms with Crippen LogP contribution in [0.4, 0.5) is 0 Å². The number of para-hydroxylation sites is 1. The maximum absolute atomic E-state index is 6.22. The summed E-state index contributed by atoms with van der Waals surface area (Å²) in [5, 5.41) is 9.92. The molecule has 0 bridgehead atoms. The second kappa shape index (κ2) is 11.4. The number of nitrogens with zero attached hydrogens (tertiary/aromatic N) is 3. The molecular formula is C47H27N3OS. The fraction of sp³-hybridized carbons (Fsp3) is 0. The summed E-state index contributed by atoms with van der Waals surface area (Å²) in [4.78, 5) is 15.0. The molecule has 0 saturated carbocycles. The summed E-state index contributed by atoms with van der Waals surface area (Å²) in [6.07, 6.45) is 0. The fourth-order valence-electron chi connectivity index (χ4n) is 7.59. The van der Waals surface area contributed by atoms with Crippen molar-refractivity contribution in [3.63, 3.8) is 0 Å². The number of aromatic nitrogens is 3. The minimum atomic E-state index is 0.602. The largest absolute Gasteiger partial charge is 0.456 e. The molecule has 0 atom stereocenters. The van der Waals surface area contributed by atoms with Crippen molar-refractivity contribution in [1.29, 1.82) is 0 Å². The lowest BCUT2D eigenvalue weighted by Gasteiger charge is -2.09. The van der Waals surface area contributed by atoms with Crippen LogP contribution in [0.2, 0.25) is 0 Å². The molecule has 8 aromatic carbocycles. The van der Waals surface area contributed by atoms with Crippen LogP contribution in [0.25, 0.3) is 109 Å². The minimum absolute atomic E-state index is 0.602. The van der Waals surface area contributed by atoms with Gasteiger partial charge >= 0.3 is 0 Å². The highest BCUT2D eigenvalue weighted by atomic mass is 32.1. The van der Waals surface area contributed by atoms with Gasteiger partial charge in [-0.2, -0.15) is 0 Å². The number of furan rings is 1. The first-order chi connectivity index (χ1) is 25.7. The molecule has 3 heterocycles. The lowest BCUT2D eigenvalue weighted by molar-refractivity contribution is 0.669. The lowest BCUT2D eigenvalue weighted by Crippen LogP contribution is -2.00. The van der Waals surface area contributed by atoms with E-state index in [1.807, 2.05) is 65.9 Å². The van der Waals surface area contributed by atoms with E-state index >= 15 is 0 Å². The molecule has 4 nitrogen and oxygen atoms in total. The number of benzene rings is 8. The second-order valence-corrected chi connectivity index (χ2v) is 14.2. The molecule has 11 aromatic rings. The Morgan fingerprint density at radius 3 is 1.79 bits per heavy atom. The molecule has 0 spiro atoms. The average molecular weight is 682 g/mol. The van der Waals surface area contributed by atoms with E-state index in [9.17, 15) is 0 Å². The monoisotopic (exact) mass is 681 g/mol. The lowest BCUT2D eigenvalue weighted by atomic mass is 9.98. The minimum Gasteiger partial charge on any atom is -0.456 e. The number of hydrogen-bond acceptors (Lipinski definition) is 5. The highest BCUT2D eigenvalue weighted by Gasteiger charge is 2.17. The fourth-order valence-corrected chi connectivity index (χ4v) is 8.99. The Balaban J connectivity index is 1.03. The number of fused-ring (bicyclic) bond motifs is 10. The zero-order valence-corrected chi connectivity index (χ0v) is 28.6. The van der Waals surface area contributed by atoms with E-state index in [2.05, 4.69) is 109 Å². The van der Waals surface area contributed by atoms with Crippen molar-refractivity contribution < 1.29 is 4.42 Å². The van der Waals surface area contributed by atoms with Gasteiger partial charge in [-0.15, -0.1) is 11.3 Å². The van der Waals surface area contributed by atoms with E-state index in [0.29, 0.717) is 17.5 Å². The summed E-state index contributed by atoms with van der Waals surface area (Å²) in [5.41, 5.74) is 6.79. The third-order valence-electron chi connectivity index (χ3n) is 10.1. The summed E-state index contributed by atoms with van der Waals surface area (Å²) in [6.45, 7) is 0. The first-order valence-electron chi connectivity index (χ1n) is 17.3. The van der Waals surface area contributed by atoms with E-state index in [1.165, 1.54) is 47.3 Å². The molecule has 11 rings (SSSR count). The van der Waals surface area contributed by atoms with E-state index in [0.717, 1.165) is 44.2 Å². The molecule has 0 fully saturated rings. The predicted molar refractivity (Wildman–Crippen MR) is 217 cm³/mol. The van der Waals surface area contributed by atoms with Crippen LogP contribution < -0.4 is 0 Å². The molecule has 242 valence electrons. The molecule has 5 heteroatoms. The van der Waals surface area contributed by atoms with Crippen LogP contribution in [-0.2, 0) is 0 Å². The molecule has 0 aliphatic rings. The summed E-state index contributed by atoms with van der Waals surface area (Å²) in [5.74, 6) is 1.85. The summed E-state index contributed by atoms with van der Waals surface area (Å²) >= 11 is 1.89. The predicted octanol–water partition coefficient (Wildman–Crippen LogP) is 13.1. The summed E-state index contributed by atoms with van der Waals surface area (Å²) < 4.78 is 8.84. The first kappa shape index (κ1) is 29.1. The smallest absolute Gasteiger partial charge is 0.164 e. The Hall–Kier alpha value is -6.69. The molecule has 0 unspecified atom stereocenters. The van der Waals surface area contributed by atoms with Crippen molar-refractivity contribution >= 4 is 75.0 Å². The van der Waals surface area contributed by atoms with E-state index < -0.39 is 0 Å². The van der Waals surface area contributed by atoms with Gasteiger partial charge in [-0.25, -0.2) is 15.0 Å². The second-order valence-electron chi connectivity index (χ2n) is 13.2. The molecule has 0 aliphatic heterocycles. The highest BCUT2D eigenvalue weighted by Crippen LogP contribution is 2.44. The maximum Gasteiger partial charge on any atom is 0.164 e. The number of hydrogen-bond donors (Lipinski definition) is 0. The van der Waals surface area contributed by atoms with Crippen molar-refractivity contribution in [2.75, 3.05) is 0 Å². The Morgan fingerprint density at radius 2 is 0.942 bits per heavy atom. The van der Waals surface area contributed by atoms with Gasteiger partial charge in [0, 0.05) is 53.0 Å². The van der Waals surface area contributed by atoms with Gasteiger partial charge in [0.25, 0.3) is 0 Å². The molecule has 3 aromatic heterocycles. The van der Waals surface area contributed by atoms with Crippen molar-refractivity contribution in [2.45, 2.75) is 0 Å². The Kier molecular flexibility index (Phi) is 6.39. The maximum atomic E-state index is 6.22. The van der Waals surface area contributed by atoms with Gasteiger partial charge in [0.1, 0.15) is 11.2 Å². The van der Waals surface area contributed by atoms with Crippen LogP contribution in [0.15, 0.2) is 168 Å². The molecule has 52 heavy (non-hydrogen) atoms. The molecule has 0 amide bonds. The van der Waals surface area contributed by atoms with Crippen LogP contribution in [0.5, 0.6) is 0 Å². The molecule has 0 radical (unpaired) electrons. The van der Waals surface area contributed by atoms with E-state index in [4.69, 9.17) is 19.4 Å². The van der Waals surface area contributed by atoms with Crippen LogP contribution in [0, 0.1) is 0 Å². The van der Waals surface area contributed by atoms with Crippen LogP contribution in [-0.4, -0.2) is 15.0 Å². The summed E-state index contributed by atoms with van der Waals surface area (Å²) in [6, 6.07) is 57.4. The van der Waals surface area contributed by atoms with Crippen molar-refractivity contribution in [1.82, 2.24) is 15.0 Å². The van der Waals surface area contributed by atoms with Crippen LogP contribution >= 0.6 is 11.3 Å². The van der Waals surface area contributed by atoms with E-state index in [1.54, 1.807) is 0 Å². The third-order valence-corrected chi connectivity index (χ3v) is 11.4. The Morgan fingerprint density at radius 1 is 0.365 bits per heavy atom. The van der Waals surface area contributed by atoms with Crippen molar-refractivity contribution in [3.05, 3.63) is 164 Å². The Bertz CT molecular complexity index is 3180. The third kappa shape index (κ3) is 4.57. The van der Waals surface area contributed by atoms with Gasteiger partial charge in [0.05, 0.1) is 0 Å². The van der Waals surface area contributed by atoms with Gasteiger partial charge in [-0.1, -0.05) is 146 Å². The van der Waals surface area contributed by atoms with E-state index in [-0.39, 0.29) is 0 Å². The molecule has 0 aliphatic carbocycles. The topological polar surface area (TPSA) is 51.8 Å². The van der Waals surface area contributed by atoms with Gasteiger partial charge in [0.2, 0.25) is 0 Å². The average Bonchev–Trinajstić information content (AvgIpc) is 3.79. The van der Waals surface area contributed by atoms with Crippen LogP contribution in [0.3, 0.4) is 0 Å². The van der Waals surface area contributed by atoms with Gasteiger partial charge in [-0.3, -0.25) is 0 Å². The quantitative estimate of drug-likeness (QED) is 0.174. The molecule has 0 saturated heterocycles. The van der Waals surface area contributed by atoms with Gasteiger partial charge in [-0.05, 0) is 45.5 Å². The van der Waals surface area contributed by atoms with Gasteiger partial charge < -0.3 is 4.42 Å². The highest BCUT2D eigenvalue weighted by molar-refractivity contribution is 7.27. The zero-order chi connectivity index (χ0) is 34.2. The first-order valence-corrected chi connectivity index (χ1v) is 18.2. The normalized spacial score (nSPS) is 11.8. The standard InChI is InChI=1S/C47H27N3OS/c1-2-10-31(11-3-1)45-48-46(50-47(49-45)33-24-25-37-36-13-6-7-16-40(36)51-41(37)27-33)32-21-18-29(19-22-32)35-14-8-15-38-39-26-23-30-20-17-28-9-4-5-12-34(28)42(30)44(39)52-43(35)38/h1-27H. The number of thiophene rings is 1. The van der Waals surface area contributed by atoms with Crippen LogP contribution in [0.1, 0.15) is 0 Å². The zero-order valence-electron chi connectivity index (χ0n) is 27.7. The Labute approximate surface area is 302 Å². The SMILES string of the molecule is c1ccc(-c2nc(-c3ccc(-c4cccc5c4sc4c5ccc5ccc6ccccc6c54)cc3)nc(-c3ccc4c(c3)oc3ccccc34)n2)cc1. The molecular weight excluding hydrogens is 655 g/mol. The molecule has 0 N–H and O–H groups in total. The number of rotatable bonds is 4. The van der Waals surface area contributed by atoms with Crippen molar-refractivity contribution in [2.24, 2.45) is 0 Å². The summed E-state index contributed by atoms with van der Waals surface area (Å²) in [7, 11) is 0. The van der Waals surface area contributed by atoms with Crippen molar-refractivity contribution in [3.8, 4) is 45.3 Å².